The van der Waals surface area contributed by atoms with Gasteiger partial charge in [-0.3, -0.25) is 4.79 Å². The molecule has 108 valence electrons. The van der Waals surface area contributed by atoms with Crippen LogP contribution >= 0.6 is 0 Å². The first-order chi connectivity index (χ1) is 9.08. The van der Waals surface area contributed by atoms with E-state index in [2.05, 4.69) is 17.3 Å². The first kappa shape index (κ1) is 14.1. The van der Waals surface area contributed by atoms with E-state index in [4.69, 9.17) is 5.11 Å². The molecule has 2 amide bonds. The van der Waals surface area contributed by atoms with E-state index in [9.17, 15) is 9.59 Å². The highest BCUT2D eigenvalue weighted by Gasteiger charge is 2.28. The van der Waals surface area contributed by atoms with E-state index in [1.807, 2.05) is 0 Å². The molecule has 1 aliphatic carbocycles. The van der Waals surface area contributed by atoms with Gasteiger partial charge in [-0.1, -0.05) is 0 Å². The van der Waals surface area contributed by atoms with E-state index < -0.39 is 11.9 Å². The van der Waals surface area contributed by atoms with Crippen LogP contribution in [0.4, 0.5) is 4.79 Å². The highest BCUT2D eigenvalue weighted by atomic mass is 16.4. The minimum Gasteiger partial charge on any atom is -0.481 e. The maximum atomic E-state index is 11.9. The number of hydrogen-bond donors (Lipinski definition) is 2. The minimum atomic E-state index is -0.800. The van der Waals surface area contributed by atoms with Crippen molar-refractivity contribution >= 4 is 12.0 Å². The van der Waals surface area contributed by atoms with E-state index in [0.29, 0.717) is 32.1 Å². The van der Waals surface area contributed by atoms with Crippen LogP contribution in [0.2, 0.25) is 0 Å². The summed E-state index contributed by atoms with van der Waals surface area (Å²) < 4.78 is 0. The number of hydrogen-bond acceptors (Lipinski definition) is 3. The zero-order chi connectivity index (χ0) is 13.8. The largest absolute Gasteiger partial charge is 0.481 e. The fraction of sp³-hybridized carbons (Fsp3) is 0.846. The summed E-state index contributed by atoms with van der Waals surface area (Å²) in [7, 11) is 2.07. The number of carbonyl (C=O) groups excluding carboxylic acids is 1. The van der Waals surface area contributed by atoms with Crippen molar-refractivity contribution in [3.05, 3.63) is 0 Å². The van der Waals surface area contributed by atoms with Crippen molar-refractivity contribution in [2.45, 2.75) is 31.7 Å². The average molecular weight is 269 g/mol. The number of nitrogens with one attached hydrogen (secondary N) is 1. The molecule has 2 rings (SSSR count). The fourth-order valence-electron chi connectivity index (χ4n) is 2.51. The van der Waals surface area contributed by atoms with E-state index in [1.54, 1.807) is 4.90 Å². The number of rotatable bonds is 5. The molecule has 6 heteroatoms. The molecule has 1 aliphatic heterocycles. The Kier molecular flexibility index (Phi) is 4.63. The van der Waals surface area contributed by atoms with Gasteiger partial charge >= 0.3 is 12.0 Å². The lowest BCUT2D eigenvalue weighted by molar-refractivity contribution is -0.143. The third-order valence-electron chi connectivity index (χ3n) is 3.97. The lowest BCUT2D eigenvalue weighted by atomic mass is 9.99. The third kappa shape index (κ3) is 4.09. The molecule has 0 aromatic heterocycles. The van der Waals surface area contributed by atoms with Gasteiger partial charge in [-0.15, -0.1) is 0 Å². The summed E-state index contributed by atoms with van der Waals surface area (Å²) in [6.45, 7) is 2.47. The monoisotopic (exact) mass is 269 g/mol. The molecule has 0 aromatic rings. The number of likely N-dealkylation sites (tertiary alicyclic amines) is 1. The Balaban J connectivity index is 1.68. The van der Waals surface area contributed by atoms with Gasteiger partial charge < -0.3 is 20.2 Å². The van der Waals surface area contributed by atoms with Crippen molar-refractivity contribution < 1.29 is 14.7 Å². The number of carboxylic acid groups (broad SMARTS) is 1. The van der Waals surface area contributed by atoms with Crippen molar-refractivity contribution in [2.24, 2.45) is 5.92 Å². The quantitative estimate of drug-likeness (QED) is 0.766. The van der Waals surface area contributed by atoms with E-state index in [1.165, 1.54) is 12.8 Å². The number of likely N-dealkylation sites (N-methyl/N-ethyl adjacent to an activating group) is 1. The Morgan fingerprint density at radius 1 is 1.37 bits per heavy atom. The summed E-state index contributed by atoms with van der Waals surface area (Å²) in [6, 6.07) is 0.568. The maximum absolute atomic E-state index is 11.9. The van der Waals surface area contributed by atoms with Crippen LogP contribution in [0.5, 0.6) is 0 Å². The minimum absolute atomic E-state index is 0.129. The number of carbonyl (C=O) groups is 2. The van der Waals surface area contributed by atoms with Gasteiger partial charge in [0.05, 0.1) is 5.92 Å². The highest BCUT2D eigenvalue weighted by Crippen LogP contribution is 2.24. The normalized spacial score (nSPS) is 23.5. The summed E-state index contributed by atoms with van der Waals surface area (Å²) in [5, 5.41) is 11.9. The van der Waals surface area contributed by atoms with Gasteiger partial charge in [0.25, 0.3) is 0 Å². The van der Waals surface area contributed by atoms with Crippen LogP contribution < -0.4 is 5.32 Å². The van der Waals surface area contributed by atoms with Crippen LogP contribution in [-0.4, -0.2) is 66.2 Å². The molecule has 1 unspecified atom stereocenters. The second-order valence-electron chi connectivity index (χ2n) is 5.57. The Morgan fingerprint density at radius 3 is 2.74 bits per heavy atom. The van der Waals surface area contributed by atoms with Crippen LogP contribution in [0.25, 0.3) is 0 Å². The molecular weight excluding hydrogens is 246 g/mol. The average Bonchev–Trinajstić information content (AvgIpc) is 3.23. The van der Waals surface area contributed by atoms with E-state index in [-0.39, 0.29) is 6.03 Å². The van der Waals surface area contributed by atoms with Gasteiger partial charge in [0, 0.05) is 32.2 Å². The number of urea groups is 1. The van der Waals surface area contributed by atoms with Gasteiger partial charge in [-0.25, -0.2) is 4.79 Å². The maximum Gasteiger partial charge on any atom is 0.317 e. The SMILES string of the molecule is CN(CCNC(=O)N1CCCC(C(=O)O)C1)C1CC1. The number of amides is 2. The molecule has 0 bridgehead atoms. The molecule has 2 aliphatic rings. The van der Waals surface area contributed by atoms with Gasteiger partial charge in [0.2, 0.25) is 0 Å². The van der Waals surface area contributed by atoms with E-state index >= 15 is 0 Å². The smallest absolute Gasteiger partial charge is 0.317 e. The topological polar surface area (TPSA) is 72.9 Å². The molecule has 19 heavy (non-hydrogen) atoms. The summed E-state index contributed by atoms with van der Waals surface area (Å²) in [5.74, 6) is -1.21. The second kappa shape index (κ2) is 6.23. The van der Waals surface area contributed by atoms with Crippen LogP contribution in [-0.2, 0) is 4.79 Å². The van der Waals surface area contributed by atoms with Crippen molar-refractivity contribution in [1.82, 2.24) is 15.1 Å². The Labute approximate surface area is 113 Å². The zero-order valence-electron chi connectivity index (χ0n) is 11.5. The Bertz CT molecular complexity index is 344. The lowest BCUT2D eigenvalue weighted by Crippen LogP contribution is -2.48. The Hall–Kier alpha value is -1.30. The molecule has 1 saturated heterocycles. The predicted molar refractivity (Wildman–Crippen MR) is 71.0 cm³/mol. The summed E-state index contributed by atoms with van der Waals surface area (Å²) in [5.41, 5.74) is 0. The summed E-state index contributed by atoms with van der Waals surface area (Å²) >= 11 is 0. The zero-order valence-corrected chi connectivity index (χ0v) is 11.5. The molecule has 2 N–H and O–H groups in total. The second-order valence-corrected chi connectivity index (χ2v) is 5.57. The molecule has 0 aromatic carbocycles. The first-order valence-electron chi connectivity index (χ1n) is 7.03. The van der Waals surface area contributed by atoms with Crippen LogP contribution in [0.1, 0.15) is 25.7 Å². The van der Waals surface area contributed by atoms with Crippen molar-refractivity contribution in [3.63, 3.8) is 0 Å². The van der Waals surface area contributed by atoms with Crippen LogP contribution in [0.3, 0.4) is 0 Å². The molecule has 1 saturated carbocycles. The molecular formula is C13H23N3O3. The van der Waals surface area contributed by atoms with Crippen molar-refractivity contribution in [3.8, 4) is 0 Å². The van der Waals surface area contributed by atoms with Crippen LogP contribution in [0.15, 0.2) is 0 Å². The van der Waals surface area contributed by atoms with Gasteiger partial charge in [-0.2, -0.15) is 0 Å². The fourth-order valence-corrected chi connectivity index (χ4v) is 2.51. The van der Waals surface area contributed by atoms with Crippen molar-refractivity contribution in [1.29, 1.82) is 0 Å². The standard InChI is InChI=1S/C13H23N3O3/c1-15(11-4-5-11)8-6-14-13(19)16-7-2-3-10(9-16)12(17)18/h10-11H,2-9H2,1H3,(H,14,19)(H,17,18). The van der Waals surface area contributed by atoms with Crippen molar-refractivity contribution in [2.75, 3.05) is 33.2 Å². The van der Waals surface area contributed by atoms with Gasteiger partial charge in [0.15, 0.2) is 0 Å². The molecule has 1 atom stereocenters. The molecule has 1 heterocycles. The molecule has 0 spiro atoms. The molecule has 6 nitrogen and oxygen atoms in total. The third-order valence-corrected chi connectivity index (χ3v) is 3.97. The van der Waals surface area contributed by atoms with E-state index in [0.717, 1.165) is 13.0 Å². The summed E-state index contributed by atoms with van der Waals surface area (Å²) in [4.78, 5) is 26.8. The van der Waals surface area contributed by atoms with Crippen LogP contribution in [0, 0.1) is 5.92 Å². The number of aliphatic carboxylic acids is 1. The number of piperidine rings is 1. The number of carboxylic acids is 1. The first-order valence-corrected chi connectivity index (χ1v) is 7.03. The number of nitrogens with zero attached hydrogens (tertiary/aromatic N) is 2. The molecule has 0 radical (unpaired) electrons. The summed E-state index contributed by atoms with van der Waals surface area (Å²) in [6.07, 6.45) is 3.96. The van der Waals surface area contributed by atoms with Gasteiger partial charge in [-0.05, 0) is 32.7 Å². The van der Waals surface area contributed by atoms with Gasteiger partial charge in [0.1, 0.15) is 0 Å². The molecule has 2 fully saturated rings. The predicted octanol–water partition coefficient (Wildman–Crippen LogP) is 0.587. The lowest BCUT2D eigenvalue weighted by Gasteiger charge is -2.31. The highest BCUT2D eigenvalue weighted by molar-refractivity contribution is 5.76. The Morgan fingerprint density at radius 2 is 2.11 bits per heavy atom.